The van der Waals surface area contributed by atoms with Crippen molar-refractivity contribution in [1.82, 2.24) is 0 Å². The van der Waals surface area contributed by atoms with Gasteiger partial charge < -0.3 is 14.8 Å². The molecule has 0 bridgehead atoms. The molecule has 0 aromatic heterocycles. The topological polar surface area (TPSA) is 72.3 Å². The molecular formula is C21H17F2N3O3. The van der Waals surface area contributed by atoms with Gasteiger partial charge in [-0.05, 0) is 54.6 Å². The molecule has 0 aliphatic heterocycles. The molecule has 8 heteroatoms. The van der Waals surface area contributed by atoms with E-state index in [0.29, 0.717) is 11.4 Å². The molecule has 0 fully saturated rings. The van der Waals surface area contributed by atoms with Gasteiger partial charge in [-0.15, -0.1) is 0 Å². The van der Waals surface area contributed by atoms with Crippen molar-refractivity contribution < 1.29 is 23.0 Å². The largest absolute Gasteiger partial charge is 0.493 e. The molecule has 0 heterocycles. The molecule has 3 aromatic rings. The second-order valence-electron chi connectivity index (χ2n) is 5.78. The molecule has 1 amide bonds. The first kappa shape index (κ1) is 19.9. The zero-order chi connectivity index (χ0) is 20.6. The number of halogens is 2. The van der Waals surface area contributed by atoms with E-state index in [0.717, 1.165) is 5.69 Å². The Balaban J connectivity index is 1.67. The highest BCUT2D eigenvalue weighted by atomic mass is 19.3. The predicted molar refractivity (Wildman–Crippen MR) is 105 cm³/mol. The Morgan fingerprint density at radius 2 is 1.55 bits per heavy atom. The van der Waals surface area contributed by atoms with E-state index in [1.807, 2.05) is 30.3 Å². The number of azo groups is 1. The molecule has 3 rings (SSSR count). The van der Waals surface area contributed by atoms with E-state index in [4.69, 9.17) is 4.74 Å². The summed E-state index contributed by atoms with van der Waals surface area (Å²) in [5.41, 5.74) is 2.14. The zero-order valence-electron chi connectivity index (χ0n) is 15.4. The smallest absolute Gasteiger partial charge is 0.387 e. The Labute approximate surface area is 165 Å². The summed E-state index contributed by atoms with van der Waals surface area (Å²) < 4.78 is 34.1. The van der Waals surface area contributed by atoms with Crippen LogP contribution >= 0.6 is 0 Å². The maximum absolute atomic E-state index is 12.4. The maximum Gasteiger partial charge on any atom is 0.387 e. The number of nitrogens with zero attached hydrogens (tertiary/aromatic N) is 2. The number of hydrogen-bond donors (Lipinski definition) is 1. The van der Waals surface area contributed by atoms with Crippen LogP contribution < -0.4 is 14.8 Å². The summed E-state index contributed by atoms with van der Waals surface area (Å²) in [6, 6.07) is 20.1. The quantitative estimate of drug-likeness (QED) is 0.500. The number of amides is 1. The fourth-order valence-corrected chi connectivity index (χ4v) is 2.43. The van der Waals surface area contributed by atoms with Gasteiger partial charge >= 0.3 is 6.61 Å². The van der Waals surface area contributed by atoms with Gasteiger partial charge in [-0.3, -0.25) is 4.79 Å². The van der Waals surface area contributed by atoms with Gasteiger partial charge in [0.15, 0.2) is 11.5 Å². The van der Waals surface area contributed by atoms with Crippen molar-refractivity contribution in [3.8, 4) is 11.5 Å². The summed E-state index contributed by atoms with van der Waals surface area (Å²) in [6.45, 7) is -2.99. The Hall–Kier alpha value is -3.81. The summed E-state index contributed by atoms with van der Waals surface area (Å²) >= 11 is 0. The summed E-state index contributed by atoms with van der Waals surface area (Å²) in [5.74, 6) is -0.535. The van der Waals surface area contributed by atoms with Crippen molar-refractivity contribution in [2.75, 3.05) is 12.4 Å². The lowest BCUT2D eigenvalue weighted by molar-refractivity contribution is -0.0512. The highest BCUT2D eigenvalue weighted by Crippen LogP contribution is 2.30. The highest BCUT2D eigenvalue weighted by molar-refractivity contribution is 6.04. The molecule has 0 atom stereocenters. The van der Waals surface area contributed by atoms with Crippen LogP contribution in [0.3, 0.4) is 0 Å². The van der Waals surface area contributed by atoms with E-state index >= 15 is 0 Å². The van der Waals surface area contributed by atoms with Crippen molar-refractivity contribution in [1.29, 1.82) is 0 Å². The number of alkyl halides is 2. The Morgan fingerprint density at radius 1 is 0.897 bits per heavy atom. The third-order valence-corrected chi connectivity index (χ3v) is 3.80. The summed E-state index contributed by atoms with van der Waals surface area (Å²) in [5, 5.41) is 11.0. The summed E-state index contributed by atoms with van der Waals surface area (Å²) in [6.07, 6.45) is 0. The van der Waals surface area contributed by atoms with E-state index in [1.165, 1.54) is 25.3 Å². The second kappa shape index (κ2) is 9.41. The average molecular weight is 397 g/mol. The minimum Gasteiger partial charge on any atom is -0.493 e. The van der Waals surface area contributed by atoms with Crippen LogP contribution in [0.4, 0.5) is 25.8 Å². The molecule has 29 heavy (non-hydrogen) atoms. The third-order valence-electron chi connectivity index (χ3n) is 3.80. The lowest BCUT2D eigenvalue weighted by Gasteiger charge is -2.11. The Morgan fingerprint density at radius 3 is 2.17 bits per heavy atom. The van der Waals surface area contributed by atoms with Gasteiger partial charge in [-0.2, -0.15) is 19.0 Å². The maximum atomic E-state index is 12.4. The number of carbonyl (C=O) groups excluding carboxylic acids is 1. The van der Waals surface area contributed by atoms with E-state index < -0.39 is 12.5 Å². The van der Waals surface area contributed by atoms with Crippen molar-refractivity contribution in [2.24, 2.45) is 10.2 Å². The van der Waals surface area contributed by atoms with Crippen molar-refractivity contribution in [3.05, 3.63) is 78.4 Å². The van der Waals surface area contributed by atoms with Gasteiger partial charge in [-0.1, -0.05) is 18.2 Å². The first-order valence-electron chi connectivity index (χ1n) is 8.56. The highest BCUT2D eigenvalue weighted by Gasteiger charge is 2.14. The van der Waals surface area contributed by atoms with Crippen LogP contribution in [0.1, 0.15) is 10.4 Å². The summed E-state index contributed by atoms with van der Waals surface area (Å²) in [7, 11) is 1.30. The lowest BCUT2D eigenvalue weighted by Crippen LogP contribution is -2.12. The average Bonchev–Trinajstić information content (AvgIpc) is 2.74. The molecule has 1 N–H and O–H groups in total. The van der Waals surface area contributed by atoms with Crippen LogP contribution in [0, 0.1) is 0 Å². The predicted octanol–water partition coefficient (Wildman–Crippen LogP) is 5.96. The van der Waals surface area contributed by atoms with Crippen molar-refractivity contribution in [3.63, 3.8) is 0 Å². The Kier molecular flexibility index (Phi) is 6.47. The minimum atomic E-state index is -2.99. The van der Waals surface area contributed by atoms with E-state index in [1.54, 1.807) is 24.3 Å². The van der Waals surface area contributed by atoms with Crippen LogP contribution in [-0.2, 0) is 0 Å². The van der Waals surface area contributed by atoms with Crippen LogP contribution in [-0.4, -0.2) is 19.6 Å². The number of hydrogen-bond acceptors (Lipinski definition) is 5. The fourth-order valence-electron chi connectivity index (χ4n) is 2.43. The molecule has 148 valence electrons. The van der Waals surface area contributed by atoms with Crippen molar-refractivity contribution in [2.45, 2.75) is 6.61 Å². The number of rotatable bonds is 7. The molecule has 3 aromatic carbocycles. The number of nitrogens with one attached hydrogen (secondary N) is 1. The van der Waals surface area contributed by atoms with E-state index in [9.17, 15) is 13.6 Å². The van der Waals surface area contributed by atoms with Gasteiger partial charge in [0.25, 0.3) is 5.91 Å². The first-order valence-corrected chi connectivity index (χ1v) is 8.56. The monoisotopic (exact) mass is 397 g/mol. The number of benzene rings is 3. The number of carbonyl (C=O) groups is 1. The third kappa shape index (κ3) is 5.58. The molecule has 0 radical (unpaired) electrons. The SMILES string of the molecule is COc1cc(C(=O)Nc2ccc(N=Nc3ccccc3)cc2)ccc1OC(F)F. The normalized spacial score (nSPS) is 10.9. The molecule has 0 unspecified atom stereocenters. The standard InChI is InChI=1S/C21H17F2N3O3/c1-28-19-13-14(7-12-18(19)29-21(22)23)20(27)24-15-8-10-17(11-9-15)26-25-16-5-3-2-4-6-16/h2-13,21H,1H3,(H,24,27). The Bertz CT molecular complexity index is 994. The van der Waals surface area contributed by atoms with Crippen LogP contribution in [0.15, 0.2) is 83.0 Å². The number of anilines is 1. The fraction of sp³-hybridized carbons (Fsp3) is 0.0952. The molecular weight excluding hydrogens is 380 g/mol. The molecule has 6 nitrogen and oxygen atoms in total. The van der Waals surface area contributed by atoms with Gasteiger partial charge in [0.2, 0.25) is 0 Å². The zero-order valence-corrected chi connectivity index (χ0v) is 15.4. The van der Waals surface area contributed by atoms with E-state index in [2.05, 4.69) is 20.3 Å². The van der Waals surface area contributed by atoms with E-state index in [-0.39, 0.29) is 17.1 Å². The lowest BCUT2D eigenvalue weighted by atomic mass is 10.2. The molecule has 0 saturated carbocycles. The van der Waals surface area contributed by atoms with Crippen molar-refractivity contribution >= 4 is 23.0 Å². The summed E-state index contributed by atoms with van der Waals surface area (Å²) in [4.78, 5) is 12.4. The first-order chi connectivity index (χ1) is 14.0. The molecule has 0 aliphatic rings. The molecule has 0 spiro atoms. The molecule has 0 saturated heterocycles. The van der Waals surface area contributed by atoms with Crippen LogP contribution in [0.5, 0.6) is 11.5 Å². The molecule has 0 aliphatic carbocycles. The van der Waals surface area contributed by atoms with Crippen LogP contribution in [0.2, 0.25) is 0 Å². The van der Waals surface area contributed by atoms with Gasteiger partial charge in [0, 0.05) is 11.3 Å². The number of methoxy groups -OCH3 is 1. The van der Waals surface area contributed by atoms with Gasteiger partial charge in [-0.25, -0.2) is 0 Å². The number of ether oxygens (including phenoxy) is 2. The minimum absolute atomic E-state index is 0.0367. The second-order valence-corrected chi connectivity index (χ2v) is 5.78. The van der Waals surface area contributed by atoms with Crippen LogP contribution in [0.25, 0.3) is 0 Å². The van der Waals surface area contributed by atoms with Gasteiger partial charge in [0.1, 0.15) is 0 Å². The van der Waals surface area contributed by atoms with Gasteiger partial charge in [0.05, 0.1) is 18.5 Å².